The second-order valence-electron chi connectivity index (χ2n) is 7.09. The molecule has 1 amide bonds. The van der Waals surface area contributed by atoms with Gasteiger partial charge in [0.05, 0.1) is 6.26 Å². The summed E-state index contributed by atoms with van der Waals surface area (Å²) < 4.78 is 25.6. The van der Waals surface area contributed by atoms with Crippen LogP contribution in [0.3, 0.4) is 0 Å². The largest absolute Gasteiger partial charge is 0.340 e. The molecule has 0 atom stereocenters. The Hall–Kier alpha value is -0.920. The van der Waals surface area contributed by atoms with E-state index in [1.54, 1.807) is 0 Å². The summed E-state index contributed by atoms with van der Waals surface area (Å²) in [5, 5.41) is 0. The minimum Gasteiger partial charge on any atom is -0.340 e. The number of rotatable bonds is 8. The van der Waals surface area contributed by atoms with Gasteiger partial charge in [0.2, 0.25) is 15.9 Å². The van der Waals surface area contributed by atoms with Gasteiger partial charge in [0, 0.05) is 45.7 Å². The van der Waals surface area contributed by atoms with Gasteiger partial charge in [-0.3, -0.25) is 4.79 Å². The molecule has 1 saturated heterocycles. The minimum atomic E-state index is -3.28. The number of likely N-dealkylation sites (N-methyl/N-ethyl adjacent to an activating group) is 1. The first-order valence-electron chi connectivity index (χ1n) is 9.53. The van der Waals surface area contributed by atoms with E-state index in [1.807, 2.05) is 4.90 Å². The van der Waals surface area contributed by atoms with Crippen LogP contribution in [-0.4, -0.2) is 80.5 Å². The standard InChI is InChI=1S/C18H33N3O3S/c1-3-19-13-15-20(16-14-19)18(22)10-12-21(25(2,23)24)11-9-17-7-5-4-6-8-17/h7H,3-6,8-16H2,1-2H3. The average Bonchev–Trinajstić information content (AvgIpc) is 2.61. The highest BCUT2D eigenvalue weighted by Gasteiger charge is 2.23. The summed E-state index contributed by atoms with van der Waals surface area (Å²) in [6.07, 6.45) is 9.18. The van der Waals surface area contributed by atoms with Gasteiger partial charge in [-0.1, -0.05) is 18.6 Å². The van der Waals surface area contributed by atoms with Crippen molar-refractivity contribution in [1.82, 2.24) is 14.1 Å². The molecule has 7 heteroatoms. The zero-order valence-electron chi connectivity index (χ0n) is 15.7. The molecule has 144 valence electrons. The Morgan fingerprint density at radius 3 is 2.44 bits per heavy atom. The number of hydrogen-bond donors (Lipinski definition) is 0. The Bertz CT molecular complexity index is 566. The van der Waals surface area contributed by atoms with Gasteiger partial charge < -0.3 is 9.80 Å². The van der Waals surface area contributed by atoms with Crippen molar-refractivity contribution in [3.63, 3.8) is 0 Å². The van der Waals surface area contributed by atoms with Crippen LogP contribution in [0.5, 0.6) is 0 Å². The number of carbonyl (C=O) groups excluding carboxylic acids is 1. The Kier molecular flexibility index (Phi) is 7.90. The molecular formula is C18H33N3O3S. The molecule has 6 nitrogen and oxygen atoms in total. The van der Waals surface area contributed by atoms with Crippen molar-refractivity contribution < 1.29 is 13.2 Å². The summed E-state index contributed by atoms with van der Waals surface area (Å²) in [7, 11) is -3.28. The van der Waals surface area contributed by atoms with Gasteiger partial charge in [0.15, 0.2) is 0 Å². The van der Waals surface area contributed by atoms with Crippen molar-refractivity contribution in [2.24, 2.45) is 0 Å². The molecule has 2 aliphatic rings. The summed E-state index contributed by atoms with van der Waals surface area (Å²) in [6.45, 7) is 7.23. The topological polar surface area (TPSA) is 60.9 Å². The van der Waals surface area contributed by atoms with Crippen molar-refractivity contribution in [3.05, 3.63) is 11.6 Å². The van der Waals surface area contributed by atoms with Crippen molar-refractivity contribution in [2.45, 2.75) is 45.4 Å². The molecule has 1 fully saturated rings. The monoisotopic (exact) mass is 371 g/mol. The number of nitrogens with zero attached hydrogens (tertiary/aromatic N) is 3. The zero-order valence-corrected chi connectivity index (χ0v) is 16.6. The van der Waals surface area contributed by atoms with Crippen molar-refractivity contribution in [1.29, 1.82) is 0 Å². The Labute approximate surface area is 152 Å². The van der Waals surface area contributed by atoms with Crippen LogP contribution in [0.1, 0.15) is 45.4 Å². The third-order valence-corrected chi connectivity index (χ3v) is 6.59. The lowest BCUT2D eigenvalue weighted by molar-refractivity contribution is -0.133. The highest BCUT2D eigenvalue weighted by atomic mass is 32.2. The predicted octanol–water partition coefficient (Wildman–Crippen LogP) is 1.69. The molecule has 0 aromatic rings. The average molecular weight is 372 g/mol. The molecular weight excluding hydrogens is 338 g/mol. The summed E-state index contributed by atoms with van der Waals surface area (Å²) in [6, 6.07) is 0. The molecule has 0 aromatic carbocycles. The SMILES string of the molecule is CCN1CCN(C(=O)CCN(CCC2=CCCCC2)S(C)(=O)=O)CC1. The molecule has 0 unspecified atom stereocenters. The third kappa shape index (κ3) is 6.72. The summed E-state index contributed by atoms with van der Waals surface area (Å²) in [5.41, 5.74) is 1.36. The quantitative estimate of drug-likeness (QED) is 0.609. The highest BCUT2D eigenvalue weighted by Crippen LogP contribution is 2.20. The number of carbonyl (C=O) groups is 1. The van der Waals surface area contributed by atoms with Crippen molar-refractivity contribution in [2.75, 3.05) is 52.1 Å². The molecule has 2 rings (SSSR count). The third-order valence-electron chi connectivity index (χ3n) is 5.28. The van der Waals surface area contributed by atoms with Crippen LogP contribution in [0.25, 0.3) is 0 Å². The van der Waals surface area contributed by atoms with E-state index >= 15 is 0 Å². The van der Waals surface area contributed by atoms with Gasteiger partial charge in [-0.05, 0) is 38.6 Å². The zero-order chi connectivity index (χ0) is 18.3. The lowest BCUT2D eigenvalue weighted by Crippen LogP contribution is -2.49. The Balaban J connectivity index is 1.81. The lowest BCUT2D eigenvalue weighted by atomic mass is 9.97. The van der Waals surface area contributed by atoms with Gasteiger partial charge in [0.1, 0.15) is 0 Å². The molecule has 0 saturated carbocycles. The lowest BCUT2D eigenvalue weighted by Gasteiger charge is -2.34. The summed E-state index contributed by atoms with van der Waals surface area (Å²) in [4.78, 5) is 16.6. The number of allylic oxidation sites excluding steroid dienone is 1. The van der Waals surface area contributed by atoms with Crippen molar-refractivity contribution >= 4 is 15.9 Å². The van der Waals surface area contributed by atoms with Gasteiger partial charge in [-0.25, -0.2) is 12.7 Å². The molecule has 0 spiro atoms. The predicted molar refractivity (Wildman–Crippen MR) is 101 cm³/mol. The van der Waals surface area contributed by atoms with Gasteiger partial charge in [-0.2, -0.15) is 0 Å². The molecule has 0 N–H and O–H groups in total. The first-order valence-corrected chi connectivity index (χ1v) is 11.4. The first kappa shape index (κ1) is 20.4. The van der Waals surface area contributed by atoms with Crippen LogP contribution in [0.15, 0.2) is 11.6 Å². The highest BCUT2D eigenvalue weighted by molar-refractivity contribution is 7.88. The molecule has 0 aromatic heterocycles. The van der Waals surface area contributed by atoms with E-state index in [9.17, 15) is 13.2 Å². The number of piperazine rings is 1. The van der Waals surface area contributed by atoms with Crippen molar-refractivity contribution in [3.8, 4) is 0 Å². The molecule has 1 heterocycles. The van der Waals surface area contributed by atoms with Crippen LogP contribution < -0.4 is 0 Å². The maximum absolute atomic E-state index is 12.4. The summed E-state index contributed by atoms with van der Waals surface area (Å²) in [5.74, 6) is 0.0706. The van der Waals surface area contributed by atoms with E-state index in [2.05, 4.69) is 17.9 Å². The van der Waals surface area contributed by atoms with Crippen LogP contribution in [-0.2, 0) is 14.8 Å². The smallest absolute Gasteiger partial charge is 0.223 e. The first-order chi connectivity index (χ1) is 11.9. The summed E-state index contributed by atoms with van der Waals surface area (Å²) >= 11 is 0. The Morgan fingerprint density at radius 1 is 1.16 bits per heavy atom. The second kappa shape index (κ2) is 9.69. The molecule has 0 bridgehead atoms. The fourth-order valence-corrected chi connectivity index (χ4v) is 4.38. The minimum absolute atomic E-state index is 0.0706. The van der Waals surface area contributed by atoms with E-state index in [4.69, 9.17) is 0 Å². The number of hydrogen-bond acceptors (Lipinski definition) is 4. The fraction of sp³-hybridized carbons (Fsp3) is 0.833. The van der Waals surface area contributed by atoms with Crippen LogP contribution >= 0.6 is 0 Å². The van der Waals surface area contributed by atoms with Crippen LogP contribution in [0, 0.1) is 0 Å². The molecule has 1 aliphatic heterocycles. The van der Waals surface area contributed by atoms with Gasteiger partial charge in [0.25, 0.3) is 0 Å². The van der Waals surface area contributed by atoms with E-state index in [1.165, 1.54) is 29.0 Å². The fourth-order valence-electron chi connectivity index (χ4n) is 3.54. The van der Waals surface area contributed by atoms with E-state index < -0.39 is 10.0 Å². The van der Waals surface area contributed by atoms with E-state index in [-0.39, 0.29) is 12.3 Å². The number of amides is 1. The van der Waals surface area contributed by atoms with Gasteiger partial charge >= 0.3 is 0 Å². The molecule has 25 heavy (non-hydrogen) atoms. The maximum atomic E-state index is 12.4. The second-order valence-corrected chi connectivity index (χ2v) is 9.07. The Morgan fingerprint density at radius 2 is 1.88 bits per heavy atom. The number of sulfonamides is 1. The van der Waals surface area contributed by atoms with Crippen LogP contribution in [0.4, 0.5) is 0 Å². The van der Waals surface area contributed by atoms with E-state index in [0.717, 1.165) is 52.0 Å². The van der Waals surface area contributed by atoms with Crippen LogP contribution in [0.2, 0.25) is 0 Å². The van der Waals surface area contributed by atoms with E-state index in [0.29, 0.717) is 13.1 Å². The normalized spacial score (nSPS) is 20.0. The maximum Gasteiger partial charge on any atom is 0.223 e. The molecule has 0 radical (unpaired) electrons. The van der Waals surface area contributed by atoms with Gasteiger partial charge in [-0.15, -0.1) is 0 Å². The molecule has 1 aliphatic carbocycles.